The smallest absolute Gasteiger partial charge is 0.264 e. The van der Waals surface area contributed by atoms with Crippen molar-refractivity contribution in [1.82, 2.24) is 10.2 Å². The first-order valence-corrected chi connectivity index (χ1v) is 14.7. The van der Waals surface area contributed by atoms with Gasteiger partial charge in [0.2, 0.25) is 11.8 Å². The number of rotatable bonds is 11. The van der Waals surface area contributed by atoms with Crippen molar-refractivity contribution in [2.45, 2.75) is 45.2 Å². The zero-order valence-corrected chi connectivity index (χ0v) is 24.5. The largest absolute Gasteiger partial charge is 0.354 e. The standard InChI is InChI=1S/C29H34BrN3O4S/c1-21(2)18-31-29(35)23(4)32(19-24-12-14-25(30)15-13-24)28(34)20-33(26-16-10-22(3)11-17-26)38(36,37)27-8-6-5-7-9-27/h5-17,21,23H,18-20H2,1-4H3,(H,31,35)/t23-/m0/s1. The van der Waals surface area contributed by atoms with Crippen LogP contribution in [0.25, 0.3) is 0 Å². The number of nitrogens with zero attached hydrogens (tertiary/aromatic N) is 2. The Balaban J connectivity index is 1.98. The third-order valence-electron chi connectivity index (χ3n) is 6.05. The number of sulfonamides is 1. The lowest BCUT2D eigenvalue weighted by Gasteiger charge is -2.32. The van der Waals surface area contributed by atoms with E-state index in [9.17, 15) is 18.0 Å². The molecule has 3 aromatic carbocycles. The molecule has 2 amide bonds. The number of halogens is 1. The van der Waals surface area contributed by atoms with Crippen LogP contribution >= 0.6 is 15.9 Å². The third-order valence-corrected chi connectivity index (χ3v) is 8.37. The van der Waals surface area contributed by atoms with Gasteiger partial charge in [0.05, 0.1) is 10.6 Å². The Bertz CT molecular complexity index is 1330. The molecule has 9 heteroatoms. The summed E-state index contributed by atoms with van der Waals surface area (Å²) < 4.78 is 29.4. The zero-order valence-electron chi connectivity index (χ0n) is 22.1. The summed E-state index contributed by atoms with van der Waals surface area (Å²) in [5.74, 6) is -0.535. The Labute approximate surface area is 234 Å². The number of amides is 2. The molecule has 0 fully saturated rings. The van der Waals surface area contributed by atoms with Gasteiger partial charge in [-0.3, -0.25) is 13.9 Å². The minimum absolute atomic E-state index is 0.0792. The molecular formula is C29H34BrN3O4S. The fourth-order valence-electron chi connectivity index (χ4n) is 3.78. The average Bonchev–Trinajstić information content (AvgIpc) is 2.90. The van der Waals surface area contributed by atoms with E-state index in [4.69, 9.17) is 0 Å². The highest BCUT2D eigenvalue weighted by atomic mass is 79.9. The van der Waals surface area contributed by atoms with Crippen molar-refractivity contribution >= 4 is 43.5 Å². The topological polar surface area (TPSA) is 86.8 Å². The maximum absolute atomic E-state index is 13.9. The molecule has 1 atom stereocenters. The summed E-state index contributed by atoms with van der Waals surface area (Å²) >= 11 is 3.42. The molecule has 3 rings (SSSR count). The van der Waals surface area contributed by atoms with Gasteiger partial charge in [-0.25, -0.2) is 8.42 Å². The summed E-state index contributed by atoms with van der Waals surface area (Å²) in [7, 11) is -4.06. The maximum Gasteiger partial charge on any atom is 0.264 e. The van der Waals surface area contributed by atoms with Crippen molar-refractivity contribution in [1.29, 1.82) is 0 Å². The third kappa shape index (κ3) is 7.68. The first-order valence-electron chi connectivity index (χ1n) is 12.4. The number of carbonyl (C=O) groups is 2. The van der Waals surface area contributed by atoms with Gasteiger partial charge in [0.25, 0.3) is 10.0 Å². The first-order chi connectivity index (χ1) is 18.0. The minimum atomic E-state index is -4.06. The molecular weight excluding hydrogens is 566 g/mol. The normalized spacial score (nSPS) is 12.2. The molecule has 0 saturated carbocycles. The van der Waals surface area contributed by atoms with E-state index in [1.165, 1.54) is 17.0 Å². The summed E-state index contributed by atoms with van der Waals surface area (Å²) in [5.41, 5.74) is 2.15. The van der Waals surface area contributed by atoms with Crippen molar-refractivity contribution in [3.8, 4) is 0 Å². The molecule has 202 valence electrons. The number of benzene rings is 3. The van der Waals surface area contributed by atoms with E-state index in [0.29, 0.717) is 12.2 Å². The van der Waals surface area contributed by atoms with Gasteiger partial charge in [-0.1, -0.05) is 77.8 Å². The Hall–Kier alpha value is -3.17. The van der Waals surface area contributed by atoms with Gasteiger partial charge < -0.3 is 10.2 Å². The molecule has 3 aromatic rings. The molecule has 0 radical (unpaired) electrons. The Kier molecular flexibility index (Phi) is 10.1. The van der Waals surface area contributed by atoms with Gasteiger partial charge in [-0.05, 0) is 61.7 Å². The molecule has 0 aliphatic rings. The Morgan fingerprint density at radius 2 is 1.50 bits per heavy atom. The van der Waals surface area contributed by atoms with Crippen LogP contribution in [0, 0.1) is 12.8 Å². The first kappa shape index (κ1) is 29.4. The number of nitrogens with one attached hydrogen (secondary N) is 1. The van der Waals surface area contributed by atoms with E-state index < -0.39 is 28.5 Å². The predicted octanol–water partition coefficient (Wildman–Crippen LogP) is 5.14. The van der Waals surface area contributed by atoms with E-state index >= 15 is 0 Å². The van der Waals surface area contributed by atoms with Gasteiger partial charge >= 0.3 is 0 Å². The van der Waals surface area contributed by atoms with Crippen molar-refractivity contribution < 1.29 is 18.0 Å². The van der Waals surface area contributed by atoms with E-state index in [1.54, 1.807) is 49.4 Å². The molecule has 0 saturated heterocycles. The number of hydrogen-bond donors (Lipinski definition) is 1. The van der Waals surface area contributed by atoms with Gasteiger partial charge in [0, 0.05) is 17.6 Å². The van der Waals surface area contributed by atoms with Gasteiger partial charge in [-0.15, -0.1) is 0 Å². The van der Waals surface area contributed by atoms with Crippen LogP contribution in [0.15, 0.2) is 88.2 Å². The lowest BCUT2D eigenvalue weighted by atomic mass is 10.1. The molecule has 0 aliphatic heterocycles. The van der Waals surface area contributed by atoms with Gasteiger partial charge in [-0.2, -0.15) is 0 Å². The van der Waals surface area contributed by atoms with Crippen LogP contribution in [-0.2, 0) is 26.2 Å². The second kappa shape index (κ2) is 13.1. The summed E-state index contributed by atoms with van der Waals surface area (Å²) in [4.78, 5) is 28.4. The van der Waals surface area contributed by atoms with E-state index in [1.807, 2.05) is 45.0 Å². The maximum atomic E-state index is 13.9. The summed E-state index contributed by atoms with van der Waals surface area (Å²) in [6.07, 6.45) is 0. The number of anilines is 1. The minimum Gasteiger partial charge on any atom is -0.354 e. The van der Waals surface area contributed by atoms with Crippen LogP contribution in [0.2, 0.25) is 0 Å². The van der Waals surface area contributed by atoms with Crippen LogP contribution in [0.4, 0.5) is 5.69 Å². The monoisotopic (exact) mass is 599 g/mol. The molecule has 7 nitrogen and oxygen atoms in total. The van der Waals surface area contributed by atoms with Crippen molar-refractivity contribution in [3.05, 3.63) is 94.5 Å². The number of aryl methyl sites for hydroxylation is 1. The van der Waals surface area contributed by atoms with Crippen LogP contribution in [0.1, 0.15) is 31.9 Å². The van der Waals surface area contributed by atoms with Crippen molar-refractivity contribution in [3.63, 3.8) is 0 Å². The van der Waals surface area contributed by atoms with Crippen LogP contribution in [-0.4, -0.2) is 44.3 Å². The van der Waals surface area contributed by atoms with Gasteiger partial charge in [0.15, 0.2) is 0 Å². The van der Waals surface area contributed by atoms with Crippen molar-refractivity contribution in [2.75, 3.05) is 17.4 Å². The molecule has 38 heavy (non-hydrogen) atoms. The lowest BCUT2D eigenvalue weighted by Crippen LogP contribution is -2.51. The molecule has 0 unspecified atom stereocenters. The SMILES string of the molecule is Cc1ccc(N(CC(=O)N(Cc2ccc(Br)cc2)[C@@H](C)C(=O)NCC(C)C)S(=O)(=O)c2ccccc2)cc1. The molecule has 0 aliphatic carbocycles. The quantitative estimate of drug-likeness (QED) is 0.330. The van der Waals surface area contributed by atoms with Crippen LogP contribution < -0.4 is 9.62 Å². The van der Waals surface area contributed by atoms with E-state index in [2.05, 4.69) is 21.2 Å². The van der Waals surface area contributed by atoms with Crippen molar-refractivity contribution in [2.24, 2.45) is 5.92 Å². The highest BCUT2D eigenvalue weighted by Gasteiger charge is 2.32. The molecule has 0 bridgehead atoms. The number of hydrogen-bond acceptors (Lipinski definition) is 4. The summed E-state index contributed by atoms with van der Waals surface area (Å²) in [5, 5.41) is 2.89. The lowest BCUT2D eigenvalue weighted by molar-refractivity contribution is -0.139. The van der Waals surface area contributed by atoms with E-state index in [0.717, 1.165) is 19.9 Å². The Morgan fingerprint density at radius 3 is 2.08 bits per heavy atom. The average molecular weight is 601 g/mol. The molecule has 0 aromatic heterocycles. The van der Waals surface area contributed by atoms with Crippen LogP contribution in [0.3, 0.4) is 0 Å². The second-order valence-corrected chi connectivity index (χ2v) is 12.4. The predicted molar refractivity (Wildman–Crippen MR) is 154 cm³/mol. The fraction of sp³-hybridized carbons (Fsp3) is 0.310. The van der Waals surface area contributed by atoms with Gasteiger partial charge in [0.1, 0.15) is 12.6 Å². The molecule has 0 heterocycles. The zero-order chi connectivity index (χ0) is 27.9. The summed E-state index contributed by atoms with van der Waals surface area (Å²) in [6.45, 7) is 7.71. The van der Waals surface area contributed by atoms with E-state index in [-0.39, 0.29) is 23.3 Å². The molecule has 0 spiro atoms. The molecule has 1 N–H and O–H groups in total. The second-order valence-electron chi connectivity index (χ2n) is 9.62. The summed E-state index contributed by atoms with van der Waals surface area (Å²) in [6, 6.07) is 21.6. The fourth-order valence-corrected chi connectivity index (χ4v) is 5.48. The highest BCUT2D eigenvalue weighted by molar-refractivity contribution is 9.10. The highest BCUT2D eigenvalue weighted by Crippen LogP contribution is 2.25. The number of carbonyl (C=O) groups excluding carboxylic acids is 2. The Morgan fingerprint density at radius 1 is 0.895 bits per heavy atom. The van der Waals surface area contributed by atoms with Crippen LogP contribution in [0.5, 0.6) is 0 Å².